The molecule has 1 aliphatic carbocycles. The van der Waals surface area contributed by atoms with E-state index < -0.39 is 12.1 Å². The molecule has 1 saturated carbocycles. The zero-order chi connectivity index (χ0) is 13.8. The van der Waals surface area contributed by atoms with Gasteiger partial charge in [-0.2, -0.15) is 0 Å². The van der Waals surface area contributed by atoms with Gasteiger partial charge in [0.15, 0.2) is 6.10 Å². The first-order valence-corrected chi connectivity index (χ1v) is 6.25. The van der Waals surface area contributed by atoms with Gasteiger partial charge in [0.2, 0.25) is 0 Å². The highest BCUT2D eigenvalue weighted by Crippen LogP contribution is 2.19. The third-order valence-electron chi connectivity index (χ3n) is 2.90. The Morgan fingerprint density at radius 2 is 1.89 bits per heavy atom. The normalized spacial score (nSPS) is 15.5. The highest BCUT2D eigenvalue weighted by atomic mass is 16.5. The molecule has 1 fully saturated rings. The van der Waals surface area contributed by atoms with Crippen molar-refractivity contribution in [3.05, 3.63) is 29.8 Å². The molecule has 5 heteroatoms. The van der Waals surface area contributed by atoms with Gasteiger partial charge in [0.05, 0.1) is 12.7 Å². The number of hydrogen-bond donors (Lipinski definition) is 1. The van der Waals surface area contributed by atoms with E-state index in [0.29, 0.717) is 11.3 Å². The zero-order valence-corrected chi connectivity index (χ0v) is 11.0. The third kappa shape index (κ3) is 3.71. The fourth-order valence-corrected chi connectivity index (χ4v) is 1.56. The molecule has 0 spiro atoms. The van der Waals surface area contributed by atoms with Gasteiger partial charge < -0.3 is 14.8 Å². The van der Waals surface area contributed by atoms with Gasteiger partial charge in [0.25, 0.3) is 5.91 Å². The summed E-state index contributed by atoms with van der Waals surface area (Å²) in [6.45, 7) is 1.57. The molecule has 0 aliphatic heterocycles. The third-order valence-corrected chi connectivity index (χ3v) is 2.90. The summed E-state index contributed by atoms with van der Waals surface area (Å²) < 4.78 is 10.1. The van der Waals surface area contributed by atoms with E-state index in [2.05, 4.69) is 5.32 Å². The molecule has 5 nitrogen and oxygen atoms in total. The first kappa shape index (κ1) is 13.4. The van der Waals surface area contributed by atoms with E-state index in [4.69, 9.17) is 9.47 Å². The molecule has 19 heavy (non-hydrogen) atoms. The summed E-state index contributed by atoms with van der Waals surface area (Å²) in [5, 5.41) is 2.79. The van der Waals surface area contributed by atoms with Crippen molar-refractivity contribution in [3.63, 3.8) is 0 Å². The lowest BCUT2D eigenvalue weighted by Crippen LogP contribution is -2.37. The van der Waals surface area contributed by atoms with Gasteiger partial charge >= 0.3 is 5.97 Å². The van der Waals surface area contributed by atoms with Crippen LogP contribution in [-0.4, -0.2) is 31.1 Å². The van der Waals surface area contributed by atoms with Crippen molar-refractivity contribution in [3.8, 4) is 5.75 Å². The minimum absolute atomic E-state index is 0.246. The zero-order valence-electron chi connectivity index (χ0n) is 11.0. The van der Waals surface area contributed by atoms with Gasteiger partial charge in [-0.1, -0.05) is 0 Å². The second-order valence-corrected chi connectivity index (χ2v) is 4.56. The largest absolute Gasteiger partial charge is 0.497 e. The molecule has 0 saturated heterocycles. The number of ether oxygens (including phenoxy) is 2. The molecule has 1 aromatic rings. The van der Waals surface area contributed by atoms with Crippen LogP contribution in [-0.2, 0) is 9.53 Å². The van der Waals surface area contributed by atoms with E-state index in [1.165, 1.54) is 0 Å². The quantitative estimate of drug-likeness (QED) is 0.818. The lowest BCUT2D eigenvalue weighted by molar-refractivity contribution is -0.129. The molecule has 0 heterocycles. The maximum atomic E-state index is 11.8. The number of benzene rings is 1. The molecule has 1 aromatic carbocycles. The predicted molar refractivity (Wildman–Crippen MR) is 69.0 cm³/mol. The number of hydrogen-bond acceptors (Lipinski definition) is 4. The minimum atomic E-state index is -0.782. The van der Waals surface area contributed by atoms with Crippen molar-refractivity contribution in [1.29, 1.82) is 0 Å². The van der Waals surface area contributed by atoms with Crippen LogP contribution in [0.5, 0.6) is 5.75 Å². The molecule has 0 aromatic heterocycles. The van der Waals surface area contributed by atoms with Crippen molar-refractivity contribution >= 4 is 11.9 Å². The monoisotopic (exact) mass is 263 g/mol. The summed E-state index contributed by atoms with van der Waals surface area (Å²) >= 11 is 0. The Morgan fingerprint density at radius 3 is 2.42 bits per heavy atom. The van der Waals surface area contributed by atoms with E-state index >= 15 is 0 Å². The molecule has 1 amide bonds. The van der Waals surface area contributed by atoms with E-state index in [1.54, 1.807) is 38.3 Å². The second kappa shape index (κ2) is 5.73. The first-order valence-electron chi connectivity index (χ1n) is 6.25. The van der Waals surface area contributed by atoms with Gasteiger partial charge in [-0.3, -0.25) is 4.79 Å². The molecule has 0 bridgehead atoms. The van der Waals surface area contributed by atoms with Crippen LogP contribution >= 0.6 is 0 Å². The van der Waals surface area contributed by atoms with Crippen LogP contribution in [0.1, 0.15) is 30.1 Å². The van der Waals surface area contributed by atoms with Crippen molar-refractivity contribution in [2.45, 2.75) is 31.9 Å². The van der Waals surface area contributed by atoms with Gasteiger partial charge in [-0.15, -0.1) is 0 Å². The fourth-order valence-electron chi connectivity index (χ4n) is 1.56. The van der Waals surface area contributed by atoms with E-state index in [1.807, 2.05) is 0 Å². The highest BCUT2D eigenvalue weighted by molar-refractivity contribution is 5.92. The highest BCUT2D eigenvalue weighted by Gasteiger charge is 2.27. The van der Waals surface area contributed by atoms with Gasteiger partial charge in [-0.25, -0.2) is 4.79 Å². The van der Waals surface area contributed by atoms with Crippen LogP contribution in [0.2, 0.25) is 0 Å². The van der Waals surface area contributed by atoms with E-state index in [0.717, 1.165) is 12.8 Å². The Kier molecular flexibility index (Phi) is 4.04. The Balaban J connectivity index is 1.89. The Morgan fingerprint density at radius 1 is 1.26 bits per heavy atom. The predicted octanol–water partition coefficient (Wildman–Crippen LogP) is 1.52. The molecule has 0 unspecified atom stereocenters. The average molecular weight is 263 g/mol. The second-order valence-electron chi connectivity index (χ2n) is 4.56. The number of nitrogens with one attached hydrogen (secondary N) is 1. The first-order chi connectivity index (χ1) is 9.10. The number of methoxy groups -OCH3 is 1. The van der Waals surface area contributed by atoms with E-state index in [-0.39, 0.29) is 11.9 Å². The Bertz CT molecular complexity index is 465. The molecule has 102 valence electrons. The molecule has 1 aliphatic rings. The van der Waals surface area contributed by atoms with E-state index in [9.17, 15) is 9.59 Å². The number of carbonyl (C=O) groups excluding carboxylic acids is 2. The maximum Gasteiger partial charge on any atom is 0.338 e. The number of esters is 1. The van der Waals surface area contributed by atoms with Crippen molar-refractivity contribution < 1.29 is 19.1 Å². The SMILES string of the molecule is COc1ccc(C(=O)O[C@@H](C)C(=O)NC2CC2)cc1. The summed E-state index contributed by atoms with van der Waals surface area (Å²) in [4.78, 5) is 23.5. The summed E-state index contributed by atoms with van der Waals surface area (Å²) in [7, 11) is 1.55. The van der Waals surface area contributed by atoms with Crippen molar-refractivity contribution in [2.24, 2.45) is 0 Å². The summed E-state index contributed by atoms with van der Waals surface area (Å²) in [5.74, 6) is -0.0958. The van der Waals surface area contributed by atoms with Crippen LogP contribution in [0.4, 0.5) is 0 Å². The maximum absolute atomic E-state index is 11.8. The molecule has 0 radical (unpaired) electrons. The summed E-state index contributed by atoms with van der Waals surface area (Å²) in [5.41, 5.74) is 0.395. The van der Waals surface area contributed by atoms with Crippen molar-refractivity contribution in [2.75, 3.05) is 7.11 Å². The molecule has 2 rings (SSSR count). The van der Waals surface area contributed by atoms with Crippen LogP contribution in [0.15, 0.2) is 24.3 Å². The number of carbonyl (C=O) groups is 2. The topological polar surface area (TPSA) is 64.6 Å². The summed E-state index contributed by atoms with van der Waals surface area (Å²) in [6, 6.07) is 6.81. The standard InChI is InChI=1S/C14H17NO4/c1-9(13(16)15-11-5-6-11)19-14(17)10-3-7-12(18-2)8-4-10/h3-4,7-9,11H,5-6H2,1-2H3,(H,15,16)/t9-/m0/s1. The van der Waals surface area contributed by atoms with Crippen LogP contribution < -0.4 is 10.1 Å². The smallest absolute Gasteiger partial charge is 0.338 e. The Hall–Kier alpha value is -2.04. The number of rotatable bonds is 5. The van der Waals surface area contributed by atoms with Gasteiger partial charge in [0, 0.05) is 6.04 Å². The molecular weight excluding hydrogens is 246 g/mol. The lowest BCUT2D eigenvalue weighted by Gasteiger charge is -2.13. The molecular formula is C14H17NO4. The fraction of sp³-hybridized carbons (Fsp3) is 0.429. The molecule has 1 atom stereocenters. The number of amides is 1. The van der Waals surface area contributed by atoms with Gasteiger partial charge in [0.1, 0.15) is 5.75 Å². The minimum Gasteiger partial charge on any atom is -0.497 e. The Labute approximate surface area is 111 Å². The van der Waals surface area contributed by atoms with Crippen LogP contribution in [0, 0.1) is 0 Å². The lowest BCUT2D eigenvalue weighted by atomic mass is 10.2. The van der Waals surface area contributed by atoms with Gasteiger partial charge in [-0.05, 0) is 44.0 Å². The molecule has 1 N–H and O–H groups in total. The average Bonchev–Trinajstić information content (AvgIpc) is 3.22. The van der Waals surface area contributed by atoms with Crippen LogP contribution in [0.3, 0.4) is 0 Å². The van der Waals surface area contributed by atoms with Crippen molar-refractivity contribution in [1.82, 2.24) is 5.32 Å². The van der Waals surface area contributed by atoms with Crippen LogP contribution in [0.25, 0.3) is 0 Å². The summed E-state index contributed by atoms with van der Waals surface area (Å²) in [6.07, 6.45) is 1.23.